The van der Waals surface area contributed by atoms with Crippen molar-refractivity contribution in [1.29, 1.82) is 0 Å². The van der Waals surface area contributed by atoms with E-state index in [1.165, 1.54) is 89.9 Å². The van der Waals surface area contributed by atoms with Crippen LogP contribution < -0.4 is 4.74 Å². The summed E-state index contributed by atoms with van der Waals surface area (Å²) in [6.45, 7) is 6.01. The van der Waals surface area contributed by atoms with Crippen molar-refractivity contribution in [3.8, 4) is 5.75 Å². The summed E-state index contributed by atoms with van der Waals surface area (Å²) in [5.41, 5.74) is 0.558. The van der Waals surface area contributed by atoms with Gasteiger partial charge in [-0.1, -0.05) is 63.5 Å². The van der Waals surface area contributed by atoms with E-state index in [4.69, 9.17) is 4.74 Å². The number of allylic oxidation sites excluding steroid dienone is 1. The number of rotatable bonds is 10. The Morgan fingerprint density at radius 3 is 1.80 bits per heavy atom. The molecule has 1 aromatic rings. The third kappa shape index (κ3) is 7.10. The molecule has 3 aliphatic rings. The van der Waals surface area contributed by atoms with Crippen LogP contribution in [0, 0.1) is 41.2 Å². The zero-order valence-corrected chi connectivity index (χ0v) is 22.1. The van der Waals surface area contributed by atoms with Crippen molar-refractivity contribution in [1.82, 2.24) is 0 Å². The fourth-order valence-electron chi connectivity index (χ4n) is 7.61. The third-order valence-corrected chi connectivity index (χ3v) is 9.87. The smallest absolute Gasteiger partial charge is 0.200 e. The first-order valence-electron chi connectivity index (χ1n) is 14.8. The first-order valence-corrected chi connectivity index (χ1v) is 14.8. The van der Waals surface area contributed by atoms with Gasteiger partial charge in [-0.3, -0.25) is 0 Å². The van der Waals surface area contributed by atoms with E-state index in [1.807, 2.05) is 0 Å². The van der Waals surface area contributed by atoms with Crippen molar-refractivity contribution in [3.63, 3.8) is 0 Å². The van der Waals surface area contributed by atoms with Crippen LogP contribution in [0.15, 0.2) is 24.8 Å². The molecule has 0 atom stereocenters. The molecule has 0 N–H and O–H groups in total. The van der Waals surface area contributed by atoms with Gasteiger partial charge in [-0.15, -0.1) is 6.58 Å². The van der Waals surface area contributed by atoms with E-state index in [1.54, 1.807) is 19.1 Å². The Bertz CT molecular complexity index is 781. The summed E-state index contributed by atoms with van der Waals surface area (Å²) in [7, 11) is 0. The van der Waals surface area contributed by atoms with Crippen LogP contribution in [-0.2, 0) is 0 Å². The molecular weight excluding hydrogens is 438 g/mol. The molecule has 3 saturated carbocycles. The zero-order chi connectivity index (χ0) is 24.6. The molecule has 0 bridgehead atoms. The maximum Gasteiger partial charge on any atom is 0.200 e. The Labute approximate surface area is 213 Å². The van der Waals surface area contributed by atoms with E-state index in [2.05, 4.69) is 12.7 Å². The Morgan fingerprint density at radius 2 is 1.26 bits per heavy atom. The van der Waals surface area contributed by atoms with Crippen LogP contribution in [0.2, 0.25) is 0 Å². The molecule has 3 heteroatoms. The van der Waals surface area contributed by atoms with E-state index in [-0.39, 0.29) is 11.7 Å². The van der Waals surface area contributed by atoms with E-state index in [9.17, 15) is 8.78 Å². The summed E-state index contributed by atoms with van der Waals surface area (Å²) in [5.74, 6) is 3.21. The number of hydrogen-bond acceptors (Lipinski definition) is 1. The van der Waals surface area contributed by atoms with E-state index in [0.29, 0.717) is 12.2 Å². The maximum absolute atomic E-state index is 14.7. The van der Waals surface area contributed by atoms with Gasteiger partial charge in [0.05, 0.1) is 6.61 Å². The van der Waals surface area contributed by atoms with Crippen molar-refractivity contribution in [3.05, 3.63) is 42.0 Å². The molecule has 0 radical (unpaired) electrons. The number of ether oxygens (including phenoxy) is 1. The largest absolute Gasteiger partial charge is 0.491 e. The summed E-state index contributed by atoms with van der Waals surface area (Å²) in [5, 5.41) is 0. The highest BCUT2D eigenvalue weighted by Crippen LogP contribution is 2.46. The molecule has 0 aliphatic heterocycles. The second kappa shape index (κ2) is 13.2. The topological polar surface area (TPSA) is 9.23 Å². The fourth-order valence-corrected chi connectivity index (χ4v) is 7.61. The van der Waals surface area contributed by atoms with Crippen molar-refractivity contribution in [2.45, 2.75) is 116 Å². The van der Waals surface area contributed by atoms with Gasteiger partial charge in [0.25, 0.3) is 0 Å². The average Bonchev–Trinajstić information content (AvgIpc) is 2.90. The normalized spacial score (nSPS) is 31.7. The fraction of sp³-hybridized carbons (Fsp3) is 0.750. The van der Waals surface area contributed by atoms with Crippen LogP contribution in [0.3, 0.4) is 0 Å². The molecule has 0 unspecified atom stereocenters. The highest BCUT2D eigenvalue weighted by atomic mass is 19.2. The van der Waals surface area contributed by atoms with Crippen molar-refractivity contribution < 1.29 is 13.5 Å². The monoisotopic (exact) mass is 486 g/mol. The first kappa shape index (κ1) is 26.7. The van der Waals surface area contributed by atoms with Gasteiger partial charge in [0, 0.05) is 0 Å². The van der Waals surface area contributed by atoms with Crippen LogP contribution in [0.1, 0.15) is 121 Å². The molecule has 35 heavy (non-hydrogen) atoms. The number of benzene rings is 1. The minimum atomic E-state index is -0.814. The summed E-state index contributed by atoms with van der Waals surface area (Å²) in [4.78, 5) is 0. The zero-order valence-electron chi connectivity index (χ0n) is 22.1. The molecule has 0 amide bonds. The lowest BCUT2D eigenvalue weighted by Gasteiger charge is -2.38. The van der Waals surface area contributed by atoms with Crippen molar-refractivity contribution >= 4 is 0 Å². The Kier molecular flexibility index (Phi) is 10.1. The van der Waals surface area contributed by atoms with Crippen LogP contribution in [0.25, 0.3) is 0 Å². The lowest BCUT2D eigenvalue weighted by Crippen LogP contribution is -2.26. The minimum Gasteiger partial charge on any atom is -0.491 e. The standard InChI is InChI=1S/C32H48F2O/c1-3-5-6-23-7-9-24(10-8-23)11-12-25-13-15-26(16-14-25)27-17-19-28(20-18-27)29-21-22-30(35-4-2)32(34)31(29)33/h3,21-28H,1,4-20H2,2H3. The molecule has 3 aliphatic carbocycles. The Balaban J connectivity index is 1.15. The van der Waals surface area contributed by atoms with Crippen molar-refractivity contribution in [2.24, 2.45) is 29.6 Å². The highest BCUT2D eigenvalue weighted by molar-refractivity contribution is 5.33. The lowest BCUT2D eigenvalue weighted by molar-refractivity contribution is 0.149. The molecule has 0 heterocycles. The summed E-state index contributed by atoms with van der Waals surface area (Å²) >= 11 is 0. The summed E-state index contributed by atoms with van der Waals surface area (Å²) < 4.78 is 34.2. The lowest BCUT2D eigenvalue weighted by atomic mass is 9.67. The quantitative estimate of drug-likeness (QED) is 0.299. The molecular formula is C32H48F2O. The third-order valence-electron chi connectivity index (χ3n) is 9.87. The summed E-state index contributed by atoms with van der Waals surface area (Å²) in [6.07, 6.45) is 23.3. The molecule has 3 fully saturated rings. The van der Waals surface area contributed by atoms with E-state index < -0.39 is 11.6 Å². The maximum atomic E-state index is 14.7. The molecule has 0 spiro atoms. The van der Waals surface area contributed by atoms with E-state index in [0.717, 1.165) is 42.4 Å². The first-order chi connectivity index (χ1) is 17.1. The Hall–Kier alpha value is -1.38. The van der Waals surface area contributed by atoms with Crippen LogP contribution in [0.5, 0.6) is 5.75 Å². The van der Waals surface area contributed by atoms with Gasteiger partial charge in [-0.05, 0) is 105 Å². The minimum absolute atomic E-state index is 0.0374. The molecule has 196 valence electrons. The van der Waals surface area contributed by atoms with Crippen LogP contribution in [-0.4, -0.2) is 6.61 Å². The van der Waals surface area contributed by atoms with Gasteiger partial charge >= 0.3 is 0 Å². The SMILES string of the molecule is C=CCCC1CCC(CCC2CCC(C3CCC(c4ccc(OCC)c(F)c4F)CC3)CC2)CC1. The molecule has 4 rings (SSSR count). The van der Waals surface area contributed by atoms with Gasteiger partial charge in [0.1, 0.15) is 0 Å². The second-order valence-corrected chi connectivity index (χ2v) is 11.9. The van der Waals surface area contributed by atoms with Gasteiger partial charge in [0.2, 0.25) is 5.82 Å². The molecule has 1 aromatic carbocycles. The predicted molar refractivity (Wildman–Crippen MR) is 142 cm³/mol. The second-order valence-electron chi connectivity index (χ2n) is 11.9. The van der Waals surface area contributed by atoms with Gasteiger partial charge in [-0.25, -0.2) is 4.39 Å². The molecule has 0 aromatic heterocycles. The van der Waals surface area contributed by atoms with Gasteiger partial charge < -0.3 is 4.74 Å². The average molecular weight is 487 g/mol. The number of hydrogen-bond donors (Lipinski definition) is 0. The molecule has 1 nitrogen and oxygen atoms in total. The molecule has 0 saturated heterocycles. The van der Waals surface area contributed by atoms with E-state index >= 15 is 0 Å². The Morgan fingerprint density at radius 1 is 0.743 bits per heavy atom. The van der Waals surface area contributed by atoms with Crippen LogP contribution in [0.4, 0.5) is 8.78 Å². The van der Waals surface area contributed by atoms with Gasteiger partial charge in [0.15, 0.2) is 11.6 Å². The summed E-state index contributed by atoms with van der Waals surface area (Å²) in [6, 6.07) is 3.37. The van der Waals surface area contributed by atoms with Crippen LogP contribution >= 0.6 is 0 Å². The predicted octanol–water partition coefficient (Wildman–Crippen LogP) is 10.00. The number of halogens is 2. The highest BCUT2D eigenvalue weighted by Gasteiger charge is 2.33. The van der Waals surface area contributed by atoms with Gasteiger partial charge in [-0.2, -0.15) is 4.39 Å². The van der Waals surface area contributed by atoms with Crippen molar-refractivity contribution in [2.75, 3.05) is 6.61 Å².